The second-order valence-corrected chi connectivity index (χ2v) is 5.26. The monoisotopic (exact) mass is 297 g/mol. The Bertz CT molecular complexity index is 529. The van der Waals surface area contributed by atoms with E-state index in [0.717, 1.165) is 24.6 Å². The zero-order valence-electron chi connectivity index (χ0n) is 12.6. The summed E-state index contributed by atoms with van der Waals surface area (Å²) in [5, 5.41) is 12.3. The van der Waals surface area contributed by atoms with Crippen LogP contribution >= 0.6 is 12.4 Å². The summed E-state index contributed by atoms with van der Waals surface area (Å²) in [4.78, 5) is 0. The van der Waals surface area contributed by atoms with Crippen LogP contribution in [0.3, 0.4) is 0 Å². The number of hydrogen-bond donors (Lipinski definition) is 1. The van der Waals surface area contributed by atoms with Gasteiger partial charge in [0.05, 0.1) is 12.2 Å². The first-order chi connectivity index (χ1) is 9.08. The molecule has 0 aliphatic rings. The van der Waals surface area contributed by atoms with Crippen LogP contribution in [0.5, 0.6) is 0 Å². The molecule has 1 N–H and O–H groups in total. The molecule has 2 rings (SSSR count). The highest BCUT2D eigenvalue weighted by Crippen LogP contribution is 2.11. The lowest BCUT2D eigenvalue weighted by Gasteiger charge is -2.06. The third-order valence-corrected chi connectivity index (χ3v) is 2.99. The lowest BCUT2D eigenvalue weighted by atomic mass is 10.2. The molecule has 0 bridgehead atoms. The molecule has 2 heterocycles. The second kappa shape index (κ2) is 7.33. The topological polar surface area (TPSA) is 47.7 Å². The molecule has 0 radical (unpaired) electrons. The van der Waals surface area contributed by atoms with Crippen molar-refractivity contribution in [1.29, 1.82) is 0 Å². The maximum Gasteiger partial charge on any atom is 0.148 e. The van der Waals surface area contributed by atoms with Crippen molar-refractivity contribution >= 4 is 18.2 Å². The quantitative estimate of drug-likeness (QED) is 0.891. The molecule has 112 valence electrons. The summed E-state index contributed by atoms with van der Waals surface area (Å²) in [6.45, 7) is 11.1. The van der Waals surface area contributed by atoms with Gasteiger partial charge < -0.3 is 5.32 Å². The zero-order chi connectivity index (χ0) is 13.8. The maximum atomic E-state index is 4.56. The van der Waals surface area contributed by atoms with E-state index in [-0.39, 0.29) is 12.4 Å². The van der Waals surface area contributed by atoms with Gasteiger partial charge in [0.1, 0.15) is 5.82 Å². The summed E-state index contributed by atoms with van der Waals surface area (Å²) in [5.41, 5.74) is 2.23. The Balaban J connectivity index is 0.00000200. The summed E-state index contributed by atoms with van der Waals surface area (Å²) >= 11 is 0. The standard InChI is InChI=1S/C14H23N5.ClH/c1-5-18-7-6-13(16-18)9-15-14-8-12(4)19(17-14)10-11(2)3;/h6-8,11H,5,9-10H2,1-4H3,(H,15,17);1H. The molecule has 0 spiro atoms. The third-order valence-electron chi connectivity index (χ3n) is 2.99. The Labute approximate surface area is 126 Å². The van der Waals surface area contributed by atoms with Gasteiger partial charge in [0.2, 0.25) is 0 Å². The van der Waals surface area contributed by atoms with Gasteiger partial charge in [0.25, 0.3) is 0 Å². The number of aromatic nitrogens is 4. The number of nitrogens with one attached hydrogen (secondary N) is 1. The molecule has 0 atom stereocenters. The normalized spacial score (nSPS) is 10.7. The van der Waals surface area contributed by atoms with E-state index in [1.807, 2.05) is 16.9 Å². The molecule has 0 saturated heterocycles. The summed E-state index contributed by atoms with van der Waals surface area (Å²) < 4.78 is 3.98. The maximum absolute atomic E-state index is 4.56. The largest absolute Gasteiger partial charge is 0.363 e. The van der Waals surface area contributed by atoms with Crippen molar-refractivity contribution in [3.8, 4) is 0 Å². The summed E-state index contributed by atoms with van der Waals surface area (Å²) in [5.74, 6) is 1.52. The van der Waals surface area contributed by atoms with E-state index >= 15 is 0 Å². The van der Waals surface area contributed by atoms with Crippen molar-refractivity contribution in [1.82, 2.24) is 19.6 Å². The van der Waals surface area contributed by atoms with Crippen LogP contribution in [-0.4, -0.2) is 19.6 Å². The number of halogens is 1. The Morgan fingerprint density at radius 3 is 2.65 bits per heavy atom. The van der Waals surface area contributed by atoms with E-state index in [1.165, 1.54) is 5.69 Å². The fraction of sp³-hybridized carbons (Fsp3) is 0.571. The van der Waals surface area contributed by atoms with Crippen LogP contribution in [0, 0.1) is 12.8 Å². The van der Waals surface area contributed by atoms with Gasteiger partial charge in [-0.3, -0.25) is 9.36 Å². The molecule has 0 saturated carbocycles. The highest BCUT2D eigenvalue weighted by molar-refractivity contribution is 5.85. The van der Waals surface area contributed by atoms with Gasteiger partial charge in [-0.05, 0) is 25.8 Å². The van der Waals surface area contributed by atoms with Crippen LogP contribution in [0.15, 0.2) is 18.3 Å². The van der Waals surface area contributed by atoms with Crippen molar-refractivity contribution in [2.45, 2.75) is 47.3 Å². The summed E-state index contributed by atoms with van der Waals surface area (Å²) in [6.07, 6.45) is 2.00. The van der Waals surface area contributed by atoms with Gasteiger partial charge in [0, 0.05) is 31.0 Å². The minimum absolute atomic E-state index is 0. The summed E-state index contributed by atoms with van der Waals surface area (Å²) in [7, 11) is 0. The molecular weight excluding hydrogens is 274 g/mol. The minimum Gasteiger partial charge on any atom is -0.363 e. The zero-order valence-corrected chi connectivity index (χ0v) is 13.4. The van der Waals surface area contributed by atoms with Crippen LogP contribution in [-0.2, 0) is 19.6 Å². The van der Waals surface area contributed by atoms with Crippen molar-refractivity contribution < 1.29 is 0 Å². The first kappa shape index (κ1) is 16.6. The van der Waals surface area contributed by atoms with Gasteiger partial charge >= 0.3 is 0 Å². The molecule has 20 heavy (non-hydrogen) atoms. The van der Waals surface area contributed by atoms with Gasteiger partial charge in [-0.2, -0.15) is 10.2 Å². The molecule has 0 amide bonds. The number of anilines is 1. The van der Waals surface area contributed by atoms with Gasteiger partial charge in [-0.15, -0.1) is 12.4 Å². The lowest BCUT2D eigenvalue weighted by Crippen LogP contribution is -2.08. The van der Waals surface area contributed by atoms with Gasteiger partial charge in [-0.25, -0.2) is 0 Å². The van der Waals surface area contributed by atoms with E-state index in [1.54, 1.807) is 0 Å². The van der Waals surface area contributed by atoms with Crippen LogP contribution in [0.25, 0.3) is 0 Å². The SMILES string of the molecule is CCn1ccc(CNc2cc(C)n(CC(C)C)n2)n1.Cl. The molecule has 0 aromatic carbocycles. The van der Waals surface area contributed by atoms with Crippen LogP contribution in [0.4, 0.5) is 5.82 Å². The molecule has 0 aliphatic heterocycles. The highest BCUT2D eigenvalue weighted by atomic mass is 35.5. The van der Waals surface area contributed by atoms with E-state index in [2.05, 4.69) is 54.0 Å². The minimum atomic E-state index is 0. The second-order valence-electron chi connectivity index (χ2n) is 5.26. The van der Waals surface area contributed by atoms with E-state index < -0.39 is 0 Å². The van der Waals surface area contributed by atoms with Crippen LogP contribution in [0.2, 0.25) is 0 Å². The predicted molar refractivity (Wildman–Crippen MR) is 84.3 cm³/mol. The Kier molecular flexibility index (Phi) is 6.07. The van der Waals surface area contributed by atoms with E-state index in [4.69, 9.17) is 0 Å². The van der Waals surface area contributed by atoms with E-state index in [0.29, 0.717) is 12.5 Å². The number of nitrogens with zero attached hydrogens (tertiary/aromatic N) is 4. The van der Waals surface area contributed by atoms with Crippen LogP contribution < -0.4 is 5.32 Å². The molecule has 0 aliphatic carbocycles. The first-order valence-electron chi connectivity index (χ1n) is 6.89. The number of aryl methyl sites for hydroxylation is 2. The molecule has 0 fully saturated rings. The molecule has 5 nitrogen and oxygen atoms in total. The van der Waals surface area contributed by atoms with Crippen molar-refractivity contribution in [2.75, 3.05) is 5.32 Å². The smallest absolute Gasteiger partial charge is 0.148 e. The molecule has 2 aromatic heterocycles. The summed E-state index contributed by atoms with van der Waals surface area (Å²) in [6, 6.07) is 4.12. The molecular formula is C14H24ClN5. The highest BCUT2D eigenvalue weighted by Gasteiger charge is 2.06. The molecule has 6 heteroatoms. The Hall–Kier alpha value is -1.49. The number of rotatable bonds is 6. The van der Waals surface area contributed by atoms with Gasteiger partial charge in [-0.1, -0.05) is 13.8 Å². The van der Waals surface area contributed by atoms with E-state index in [9.17, 15) is 0 Å². The first-order valence-corrected chi connectivity index (χ1v) is 6.89. The average molecular weight is 298 g/mol. The Morgan fingerprint density at radius 2 is 2.05 bits per heavy atom. The average Bonchev–Trinajstić information content (AvgIpc) is 2.94. The van der Waals surface area contributed by atoms with Crippen LogP contribution in [0.1, 0.15) is 32.2 Å². The van der Waals surface area contributed by atoms with Crippen molar-refractivity contribution in [3.05, 3.63) is 29.7 Å². The Morgan fingerprint density at radius 1 is 1.30 bits per heavy atom. The predicted octanol–water partition coefficient (Wildman–Crippen LogP) is 3.10. The lowest BCUT2D eigenvalue weighted by molar-refractivity contribution is 0.475. The molecule has 0 unspecified atom stereocenters. The number of hydrogen-bond acceptors (Lipinski definition) is 3. The molecule has 2 aromatic rings. The van der Waals surface area contributed by atoms with Crippen molar-refractivity contribution in [2.24, 2.45) is 5.92 Å². The fourth-order valence-corrected chi connectivity index (χ4v) is 1.98. The van der Waals surface area contributed by atoms with Gasteiger partial charge in [0.15, 0.2) is 0 Å². The third kappa shape index (κ3) is 4.27. The fourth-order valence-electron chi connectivity index (χ4n) is 1.98. The van der Waals surface area contributed by atoms with Crippen molar-refractivity contribution in [3.63, 3.8) is 0 Å².